The Morgan fingerprint density at radius 1 is 1.09 bits per heavy atom. The topological polar surface area (TPSA) is 84.1 Å². The molecule has 6 rings (SSSR count). The number of anilines is 1. The summed E-state index contributed by atoms with van der Waals surface area (Å²) < 4.78 is 12.1. The lowest BCUT2D eigenvalue weighted by Gasteiger charge is -2.18. The molecule has 2 aliphatic heterocycles. The van der Waals surface area contributed by atoms with Crippen LogP contribution in [0.1, 0.15) is 24.0 Å². The largest absolute Gasteiger partial charge is 0.457 e. The molecule has 0 aliphatic carbocycles. The van der Waals surface area contributed by atoms with E-state index >= 15 is 0 Å². The molecule has 1 saturated heterocycles. The first-order valence-corrected chi connectivity index (χ1v) is 11.6. The fourth-order valence-electron chi connectivity index (χ4n) is 4.71. The Balaban J connectivity index is 1.30. The van der Waals surface area contributed by atoms with Crippen molar-refractivity contribution in [1.29, 1.82) is 0 Å². The van der Waals surface area contributed by atoms with Crippen LogP contribution in [0.5, 0.6) is 11.5 Å². The normalized spacial score (nSPS) is 17.8. The van der Waals surface area contributed by atoms with Gasteiger partial charge in [-0.3, -0.25) is 0 Å². The molecule has 4 aromatic rings. The van der Waals surface area contributed by atoms with Gasteiger partial charge in [-0.1, -0.05) is 6.07 Å². The third-order valence-corrected chi connectivity index (χ3v) is 6.43. The Bertz CT molecular complexity index is 1280. The van der Waals surface area contributed by atoms with E-state index in [4.69, 9.17) is 9.47 Å². The number of nitrogens with one attached hydrogen (secondary N) is 3. The molecule has 1 fully saturated rings. The molecule has 0 spiro atoms. The van der Waals surface area contributed by atoms with Gasteiger partial charge >= 0.3 is 0 Å². The van der Waals surface area contributed by atoms with Crippen LogP contribution in [0.2, 0.25) is 0 Å². The van der Waals surface area contributed by atoms with Crippen molar-refractivity contribution in [3.63, 3.8) is 0 Å². The number of hydrogen-bond acceptors (Lipinski definition) is 6. The number of ether oxygens (including phenoxy) is 2. The molecule has 1 unspecified atom stereocenters. The van der Waals surface area contributed by atoms with E-state index in [1.807, 2.05) is 24.5 Å². The molecule has 0 saturated carbocycles. The molecule has 0 radical (unpaired) electrons. The second kappa shape index (κ2) is 8.84. The van der Waals surface area contributed by atoms with Gasteiger partial charge in [0.15, 0.2) is 0 Å². The monoisotopic (exact) mass is 441 g/mol. The average Bonchev–Trinajstić information content (AvgIpc) is 3.54. The molecule has 0 amide bonds. The highest BCUT2D eigenvalue weighted by Crippen LogP contribution is 2.37. The van der Waals surface area contributed by atoms with Gasteiger partial charge in [-0.25, -0.2) is 9.97 Å². The van der Waals surface area contributed by atoms with Crippen LogP contribution in [0, 0.1) is 0 Å². The first kappa shape index (κ1) is 20.2. The van der Waals surface area contributed by atoms with E-state index < -0.39 is 0 Å². The number of benzene rings is 1. The molecule has 33 heavy (non-hydrogen) atoms. The summed E-state index contributed by atoms with van der Waals surface area (Å²) in [7, 11) is 0. The smallest absolute Gasteiger partial charge is 0.141 e. The molecule has 1 aromatic carbocycles. The minimum absolute atomic E-state index is 0.263. The van der Waals surface area contributed by atoms with Crippen LogP contribution in [-0.2, 0) is 17.7 Å². The van der Waals surface area contributed by atoms with Crippen molar-refractivity contribution in [2.75, 3.05) is 25.0 Å². The van der Waals surface area contributed by atoms with Gasteiger partial charge in [-0.2, -0.15) is 0 Å². The molecule has 3 N–H and O–H groups in total. The number of hydrogen-bond donors (Lipinski definition) is 3. The summed E-state index contributed by atoms with van der Waals surface area (Å²) in [4.78, 5) is 12.3. The summed E-state index contributed by atoms with van der Waals surface area (Å²) >= 11 is 0. The lowest BCUT2D eigenvalue weighted by Crippen LogP contribution is -2.23. The van der Waals surface area contributed by atoms with Gasteiger partial charge in [0.25, 0.3) is 0 Å². The van der Waals surface area contributed by atoms with E-state index in [1.165, 1.54) is 11.1 Å². The van der Waals surface area contributed by atoms with E-state index in [0.717, 1.165) is 85.0 Å². The van der Waals surface area contributed by atoms with Crippen LogP contribution in [-0.4, -0.2) is 40.8 Å². The molecule has 5 heterocycles. The summed E-state index contributed by atoms with van der Waals surface area (Å²) in [5.74, 6) is 2.46. The molecule has 7 heteroatoms. The number of aromatic amines is 1. The molecule has 3 aromatic heterocycles. The van der Waals surface area contributed by atoms with E-state index in [-0.39, 0.29) is 6.10 Å². The highest BCUT2D eigenvalue weighted by molar-refractivity contribution is 5.98. The Morgan fingerprint density at radius 3 is 3.00 bits per heavy atom. The zero-order chi connectivity index (χ0) is 22.0. The van der Waals surface area contributed by atoms with Crippen molar-refractivity contribution in [1.82, 2.24) is 20.3 Å². The van der Waals surface area contributed by atoms with Crippen LogP contribution in [0.3, 0.4) is 0 Å². The second-order valence-electron chi connectivity index (χ2n) is 8.64. The van der Waals surface area contributed by atoms with Crippen molar-refractivity contribution in [3.8, 4) is 22.6 Å². The van der Waals surface area contributed by atoms with Gasteiger partial charge in [0.1, 0.15) is 23.0 Å². The number of nitrogens with zero attached hydrogens (tertiary/aromatic N) is 2. The summed E-state index contributed by atoms with van der Waals surface area (Å²) in [6.45, 7) is 3.53. The van der Waals surface area contributed by atoms with Crippen molar-refractivity contribution in [2.45, 2.75) is 31.9 Å². The Hall–Kier alpha value is -3.42. The molecule has 168 valence electrons. The Labute approximate surface area is 192 Å². The highest BCUT2D eigenvalue weighted by Gasteiger charge is 2.17. The highest BCUT2D eigenvalue weighted by atomic mass is 16.5. The van der Waals surface area contributed by atoms with Gasteiger partial charge in [0, 0.05) is 43.9 Å². The molecule has 2 aliphatic rings. The summed E-state index contributed by atoms with van der Waals surface area (Å²) in [5.41, 5.74) is 5.58. The lowest BCUT2D eigenvalue weighted by atomic mass is 10.0. The average molecular weight is 442 g/mol. The maximum atomic E-state index is 6.39. The Morgan fingerprint density at radius 2 is 2.06 bits per heavy atom. The van der Waals surface area contributed by atoms with Gasteiger partial charge in [-0.15, -0.1) is 0 Å². The predicted molar refractivity (Wildman–Crippen MR) is 129 cm³/mol. The fraction of sp³-hybridized carbons (Fsp3) is 0.308. The Kier molecular flexibility index (Phi) is 5.41. The summed E-state index contributed by atoms with van der Waals surface area (Å²) in [6, 6.07) is 12.4. The minimum Gasteiger partial charge on any atom is -0.457 e. The third kappa shape index (κ3) is 4.17. The van der Waals surface area contributed by atoms with E-state index in [0.29, 0.717) is 0 Å². The molecular weight excluding hydrogens is 414 g/mol. The molecule has 0 bridgehead atoms. The predicted octanol–water partition coefficient (Wildman–Crippen LogP) is 4.65. The van der Waals surface area contributed by atoms with Crippen LogP contribution >= 0.6 is 0 Å². The number of fused-ring (bicyclic) bond motifs is 2. The number of pyridine rings is 2. The zero-order valence-corrected chi connectivity index (χ0v) is 18.4. The van der Waals surface area contributed by atoms with E-state index in [9.17, 15) is 0 Å². The van der Waals surface area contributed by atoms with Crippen LogP contribution < -0.4 is 15.4 Å². The standard InChI is InChI=1S/C26H27N5O2/c1-2-21(32-11-1)15-30-24-13-18(6-9-28-24)22-16-31-26-25(22)23(7-10-29-26)33-20-4-3-17-5-8-27-14-19(17)12-20/h3-4,6-7,9-10,12-13,16,21,27H,1-2,5,8,11,14-15H2,(H,28,30)(H,29,31). The van der Waals surface area contributed by atoms with Crippen molar-refractivity contribution < 1.29 is 9.47 Å². The van der Waals surface area contributed by atoms with Crippen molar-refractivity contribution >= 4 is 16.9 Å². The SMILES string of the molecule is c1cc(-c2c[nH]c3nccc(Oc4ccc5c(c4)CNCC5)c23)cc(NCC2CCCO2)n1. The molecule has 1 atom stereocenters. The van der Waals surface area contributed by atoms with Crippen LogP contribution in [0.25, 0.3) is 22.2 Å². The summed E-state index contributed by atoms with van der Waals surface area (Å²) in [6.07, 6.45) is 9.15. The quantitative estimate of drug-likeness (QED) is 0.404. The van der Waals surface area contributed by atoms with E-state index in [2.05, 4.69) is 49.9 Å². The van der Waals surface area contributed by atoms with Gasteiger partial charge in [-0.05, 0) is 72.8 Å². The number of rotatable bonds is 6. The van der Waals surface area contributed by atoms with Crippen LogP contribution in [0.15, 0.2) is 55.0 Å². The first-order valence-electron chi connectivity index (χ1n) is 11.6. The van der Waals surface area contributed by atoms with Crippen molar-refractivity contribution in [2.24, 2.45) is 0 Å². The first-order chi connectivity index (χ1) is 16.3. The minimum atomic E-state index is 0.263. The van der Waals surface area contributed by atoms with Crippen LogP contribution in [0.4, 0.5) is 5.82 Å². The zero-order valence-electron chi connectivity index (χ0n) is 18.4. The third-order valence-electron chi connectivity index (χ3n) is 6.43. The molecule has 7 nitrogen and oxygen atoms in total. The maximum absolute atomic E-state index is 6.39. The maximum Gasteiger partial charge on any atom is 0.141 e. The number of aromatic nitrogens is 3. The second-order valence-corrected chi connectivity index (χ2v) is 8.64. The summed E-state index contributed by atoms with van der Waals surface area (Å²) in [5, 5.41) is 7.82. The van der Waals surface area contributed by atoms with Gasteiger partial charge in [0.05, 0.1) is 11.5 Å². The van der Waals surface area contributed by atoms with E-state index in [1.54, 1.807) is 6.20 Å². The van der Waals surface area contributed by atoms with Gasteiger partial charge in [0.2, 0.25) is 0 Å². The van der Waals surface area contributed by atoms with Gasteiger partial charge < -0.3 is 25.1 Å². The lowest BCUT2D eigenvalue weighted by molar-refractivity contribution is 0.120. The molecular formula is C26H27N5O2. The fourth-order valence-corrected chi connectivity index (χ4v) is 4.71. The van der Waals surface area contributed by atoms with Crippen molar-refractivity contribution in [3.05, 3.63) is 66.1 Å². The number of H-pyrrole nitrogens is 1.